The Morgan fingerprint density at radius 2 is 2.00 bits per heavy atom. The molecule has 0 aromatic heterocycles. The number of benzene rings is 1. The Balaban J connectivity index is 3.01. The van der Waals surface area contributed by atoms with Gasteiger partial charge in [-0.05, 0) is 19.9 Å². The normalized spacial score (nSPS) is 11.4. The van der Waals surface area contributed by atoms with Crippen LogP contribution in [0.1, 0.15) is 13.8 Å². The second-order valence-electron chi connectivity index (χ2n) is 3.91. The molecule has 1 N–H and O–H groups in total. The van der Waals surface area contributed by atoms with Gasteiger partial charge in [0.05, 0.1) is 10.7 Å². The number of nitrogens with one attached hydrogen (secondary N) is 1. The summed E-state index contributed by atoms with van der Waals surface area (Å²) < 4.78 is 31.1. The van der Waals surface area contributed by atoms with E-state index in [2.05, 4.69) is 5.32 Å². The predicted octanol–water partition coefficient (Wildman–Crippen LogP) is 2.98. The third-order valence-corrected chi connectivity index (χ3v) is 2.60. The lowest BCUT2D eigenvalue weighted by Gasteiger charge is -2.22. The molecule has 0 aliphatic heterocycles. The van der Waals surface area contributed by atoms with Crippen LogP contribution >= 0.6 is 11.6 Å². The molecular formula is C11H12ClF2NO2. The maximum absolute atomic E-state index is 13.4. The summed E-state index contributed by atoms with van der Waals surface area (Å²) >= 11 is 5.64. The van der Waals surface area contributed by atoms with E-state index in [0.717, 1.165) is 6.07 Å². The van der Waals surface area contributed by atoms with Crippen LogP contribution in [0.25, 0.3) is 0 Å². The van der Waals surface area contributed by atoms with Crippen molar-refractivity contribution in [2.24, 2.45) is 0 Å². The summed E-state index contributed by atoms with van der Waals surface area (Å²) in [4.78, 5) is 11.7. The molecule has 1 rings (SSSR count). The lowest BCUT2D eigenvalue weighted by atomic mass is 10.1. The highest BCUT2D eigenvalue weighted by Gasteiger charge is 2.28. The van der Waals surface area contributed by atoms with Gasteiger partial charge in [-0.2, -0.15) is 0 Å². The van der Waals surface area contributed by atoms with Gasteiger partial charge in [0.1, 0.15) is 11.4 Å². The zero-order chi connectivity index (χ0) is 13.2. The van der Waals surface area contributed by atoms with Crippen molar-refractivity contribution >= 4 is 23.2 Å². The smallest absolute Gasteiger partial charge is 0.256 e. The highest BCUT2D eigenvalue weighted by Crippen LogP contribution is 2.27. The Morgan fingerprint density at radius 1 is 1.41 bits per heavy atom. The van der Waals surface area contributed by atoms with E-state index < -0.39 is 23.1 Å². The first-order chi connectivity index (χ1) is 7.77. The van der Waals surface area contributed by atoms with Crippen molar-refractivity contribution in [3.8, 4) is 0 Å². The first-order valence-electron chi connectivity index (χ1n) is 4.79. The quantitative estimate of drug-likeness (QED) is 0.910. The summed E-state index contributed by atoms with van der Waals surface area (Å²) in [5.74, 6) is -2.32. The van der Waals surface area contributed by atoms with Crippen LogP contribution in [-0.4, -0.2) is 18.6 Å². The van der Waals surface area contributed by atoms with E-state index in [1.54, 1.807) is 0 Å². The molecule has 0 heterocycles. The number of hydrogen-bond donors (Lipinski definition) is 1. The topological polar surface area (TPSA) is 38.3 Å². The zero-order valence-electron chi connectivity index (χ0n) is 9.61. The number of halogens is 3. The van der Waals surface area contributed by atoms with Crippen molar-refractivity contribution < 1.29 is 18.3 Å². The van der Waals surface area contributed by atoms with E-state index in [1.165, 1.54) is 21.0 Å². The molecule has 0 atom stereocenters. The molecule has 0 aliphatic carbocycles. The van der Waals surface area contributed by atoms with Gasteiger partial charge < -0.3 is 10.1 Å². The van der Waals surface area contributed by atoms with Crippen molar-refractivity contribution in [1.29, 1.82) is 0 Å². The number of carbonyl (C=O) groups excluding carboxylic acids is 1. The van der Waals surface area contributed by atoms with Gasteiger partial charge in [-0.15, -0.1) is 0 Å². The van der Waals surface area contributed by atoms with Gasteiger partial charge in [-0.3, -0.25) is 4.79 Å². The third kappa shape index (κ3) is 3.14. The molecule has 1 aromatic rings. The predicted molar refractivity (Wildman–Crippen MR) is 61.1 cm³/mol. The monoisotopic (exact) mass is 263 g/mol. The van der Waals surface area contributed by atoms with Gasteiger partial charge in [0.15, 0.2) is 5.82 Å². The molecule has 0 saturated carbocycles. The average molecular weight is 264 g/mol. The minimum absolute atomic E-state index is 0.206. The highest BCUT2D eigenvalue weighted by atomic mass is 35.5. The molecular weight excluding hydrogens is 252 g/mol. The van der Waals surface area contributed by atoms with Gasteiger partial charge in [0, 0.05) is 13.2 Å². The van der Waals surface area contributed by atoms with E-state index in [-0.39, 0.29) is 10.7 Å². The number of rotatable bonds is 3. The number of methoxy groups -OCH3 is 1. The SMILES string of the molecule is COC(C)(C)C(=O)Nc1c(F)cc(F)cc1Cl. The standard InChI is InChI=1S/C11H12ClF2NO2/c1-11(2,17-3)10(16)15-9-7(12)4-6(13)5-8(9)14/h4-5H,1-3H3,(H,15,16). The molecule has 1 aromatic carbocycles. The minimum atomic E-state index is -1.13. The van der Waals surface area contributed by atoms with Crippen LogP contribution in [0.5, 0.6) is 0 Å². The maximum atomic E-state index is 13.4. The van der Waals surface area contributed by atoms with Crippen LogP contribution in [0.15, 0.2) is 12.1 Å². The fourth-order valence-electron chi connectivity index (χ4n) is 1.02. The maximum Gasteiger partial charge on any atom is 0.256 e. The fraction of sp³-hybridized carbons (Fsp3) is 0.364. The second kappa shape index (κ2) is 4.98. The number of carbonyl (C=O) groups is 1. The Morgan fingerprint density at radius 3 is 2.47 bits per heavy atom. The summed E-state index contributed by atoms with van der Waals surface area (Å²) in [7, 11) is 1.35. The van der Waals surface area contributed by atoms with Crippen LogP contribution in [-0.2, 0) is 9.53 Å². The first-order valence-corrected chi connectivity index (χ1v) is 5.17. The molecule has 6 heteroatoms. The number of hydrogen-bond acceptors (Lipinski definition) is 2. The molecule has 0 radical (unpaired) electrons. The van der Waals surface area contributed by atoms with Crippen LogP contribution in [0, 0.1) is 11.6 Å². The highest BCUT2D eigenvalue weighted by molar-refractivity contribution is 6.33. The minimum Gasteiger partial charge on any atom is -0.369 e. The molecule has 0 unspecified atom stereocenters. The van der Waals surface area contributed by atoms with Gasteiger partial charge in [0.2, 0.25) is 0 Å². The van der Waals surface area contributed by atoms with Gasteiger partial charge in [-0.1, -0.05) is 11.6 Å². The molecule has 94 valence electrons. The van der Waals surface area contributed by atoms with Crippen molar-refractivity contribution in [1.82, 2.24) is 0 Å². The third-order valence-electron chi connectivity index (χ3n) is 2.30. The van der Waals surface area contributed by atoms with Gasteiger partial charge in [0.25, 0.3) is 5.91 Å². The van der Waals surface area contributed by atoms with E-state index in [1.807, 2.05) is 0 Å². The van der Waals surface area contributed by atoms with E-state index in [0.29, 0.717) is 6.07 Å². The fourth-order valence-corrected chi connectivity index (χ4v) is 1.26. The Bertz CT molecular complexity index is 426. The van der Waals surface area contributed by atoms with Crippen molar-refractivity contribution in [3.63, 3.8) is 0 Å². The summed E-state index contributed by atoms with van der Waals surface area (Å²) in [6.45, 7) is 3.02. The van der Waals surface area contributed by atoms with Crippen molar-refractivity contribution in [2.45, 2.75) is 19.4 Å². The van der Waals surface area contributed by atoms with Crippen molar-refractivity contribution in [3.05, 3.63) is 28.8 Å². The first kappa shape index (κ1) is 13.9. The van der Waals surface area contributed by atoms with Crippen LogP contribution in [0.2, 0.25) is 5.02 Å². The summed E-state index contributed by atoms with van der Waals surface area (Å²) in [6.07, 6.45) is 0. The number of amides is 1. The lowest BCUT2D eigenvalue weighted by molar-refractivity contribution is -0.133. The van der Waals surface area contributed by atoms with Crippen LogP contribution in [0.3, 0.4) is 0 Å². The molecule has 0 aliphatic rings. The number of anilines is 1. The van der Waals surface area contributed by atoms with E-state index >= 15 is 0 Å². The van der Waals surface area contributed by atoms with Gasteiger partial charge in [-0.25, -0.2) is 8.78 Å². The van der Waals surface area contributed by atoms with Crippen LogP contribution < -0.4 is 5.32 Å². The molecule has 0 bridgehead atoms. The zero-order valence-corrected chi connectivity index (χ0v) is 10.4. The van der Waals surface area contributed by atoms with E-state index in [4.69, 9.17) is 16.3 Å². The average Bonchev–Trinajstić information content (AvgIpc) is 2.22. The van der Waals surface area contributed by atoms with Crippen LogP contribution in [0.4, 0.5) is 14.5 Å². The Labute approximate surface area is 103 Å². The molecule has 0 fully saturated rings. The van der Waals surface area contributed by atoms with E-state index in [9.17, 15) is 13.6 Å². The molecule has 0 spiro atoms. The summed E-state index contributed by atoms with van der Waals surface area (Å²) in [5.41, 5.74) is -1.40. The lowest BCUT2D eigenvalue weighted by Crippen LogP contribution is -2.39. The molecule has 0 saturated heterocycles. The van der Waals surface area contributed by atoms with Crippen molar-refractivity contribution in [2.75, 3.05) is 12.4 Å². The Hall–Kier alpha value is -1.20. The van der Waals surface area contributed by atoms with Gasteiger partial charge >= 0.3 is 0 Å². The second-order valence-corrected chi connectivity index (χ2v) is 4.32. The largest absolute Gasteiger partial charge is 0.369 e. The summed E-state index contributed by atoms with van der Waals surface area (Å²) in [5, 5.41) is 2.05. The Kier molecular flexibility index (Phi) is 4.06. The summed E-state index contributed by atoms with van der Waals surface area (Å²) in [6, 6.07) is 1.56. The molecule has 3 nitrogen and oxygen atoms in total. The molecule has 1 amide bonds. The molecule has 17 heavy (non-hydrogen) atoms. The number of ether oxygens (including phenoxy) is 1.